The van der Waals surface area contributed by atoms with Crippen molar-refractivity contribution in [3.8, 4) is 0 Å². The highest BCUT2D eigenvalue weighted by Crippen LogP contribution is 2.38. The highest BCUT2D eigenvalue weighted by atomic mass is 16.5. The van der Waals surface area contributed by atoms with E-state index in [2.05, 4.69) is 44.8 Å². The Morgan fingerprint density at radius 3 is 2.56 bits per heavy atom. The lowest BCUT2D eigenvalue weighted by molar-refractivity contribution is 0.239. The van der Waals surface area contributed by atoms with Gasteiger partial charge in [0.25, 0.3) is 0 Å². The molecule has 3 heterocycles. The third kappa shape index (κ3) is 3.81. The van der Waals surface area contributed by atoms with Crippen LogP contribution < -0.4 is 4.90 Å². The predicted molar refractivity (Wildman–Crippen MR) is 94.6 cm³/mol. The smallest absolute Gasteiger partial charge is 0.229 e. The molecular formula is C18H26N6O. The number of nitrogens with zero attached hydrogens (tertiary/aromatic N) is 6. The first-order valence-electron chi connectivity index (χ1n) is 9.24. The van der Waals surface area contributed by atoms with Gasteiger partial charge in [0, 0.05) is 49.8 Å². The zero-order chi connectivity index (χ0) is 17.4. The number of aryl methyl sites for hydroxylation is 1. The van der Waals surface area contributed by atoms with Crippen LogP contribution in [0.1, 0.15) is 61.8 Å². The van der Waals surface area contributed by atoms with Crippen molar-refractivity contribution in [3.05, 3.63) is 29.3 Å². The molecule has 25 heavy (non-hydrogen) atoms. The van der Waals surface area contributed by atoms with Crippen molar-refractivity contribution in [2.24, 2.45) is 0 Å². The van der Waals surface area contributed by atoms with Gasteiger partial charge in [0.1, 0.15) is 11.6 Å². The normalized spacial score (nSPS) is 19.0. The number of aromatic nitrogens is 4. The summed E-state index contributed by atoms with van der Waals surface area (Å²) in [5, 5.41) is 4.13. The van der Waals surface area contributed by atoms with E-state index in [0.29, 0.717) is 11.8 Å². The average molecular weight is 342 g/mol. The summed E-state index contributed by atoms with van der Waals surface area (Å²) in [6.07, 6.45) is 2.38. The van der Waals surface area contributed by atoms with Crippen LogP contribution in [0.5, 0.6) is 0 Å². The Hall–Kier alpha value is -2.02. The lowest BCUT2D eigenvalue weighted by Gasteiger charge is -2.35. The van der Waals surface area contributed by atoms with Crippen molar-refractivity contribution in [2.75, 3.05) is 31.1 Å². The van der Waals surface area contributed by atoms with Crippen molar-refractivity contribution in [1.82, 2.24) is 25.0 Å². The SMILES string of the molecule is Cc1cc(N2CCN(Cc3noc(C4CC4)n3)CC2)nc(C(C)C)n1. The van der Waals surface area contributed by atoms with Crippen molar-refractivity contribution in [2.45, 2.75) is 52.0 Å². The van der Waals surface area contributed by atoms with Crippen molar-refractivity contribution < 1.29 is 4.52 Å². The van der Waals surface area contributed by atoms with Gasteiger partial charge in [0.2, 0.25) is 5.89 Å². The van der Waals surface area contributed by atoms with E-state index in [4.69, 9.17) is 9.51 Å². The van der Waals surface area contributed by atoms with E-state index < -0.39 is 0 Å². The van der Waals surface area contributed by atoms with Crippen LogP contribution in [0.3, 0.4) is 0 Å². The first-order chi connectivity index (χ1) is 12.1. The van der Waals surface area contributed by atoms with Crippen molar-refractivity contribution in [1.29, 1.82) is 0 Å². The van der Waals surface area contributed by atoms with Crippen LogP contribution in [0.2, 0.25) is 0 Å². The summed E-state index contributed by atoms with van der Waals surface area (Å²) in [4.78, 5) is 18.6. The summed E-state index contributed by atoms with van der Waals surface area (Å²) in [5.41, 5.74) is 1.04. The van der Waals surface area contributed by atoms with E-state index in [-0.39, 0.29) is 0 Å². The van der Waals surface area contributed by atoms with Crippen LogP contribution in [0.4, 0.5) is 5.82 Å². The highest BCUT2D eigenvalue weighted by Gasteiger charge is 2.30. The molecule has 0 amide bonds. The van der Waals surface area contributed by atoms with Crippen LogP contribution in [-0.4, -0.2) is 51.2 Å². The fraction of sp³-hybridized carbons (Fsp3) is 0.667. The van der Waals surface area contributed by atoms with Crippen LogP contribution in [0.15, 0.2) is 10.6 Å². The zero-order valence-electron chi connectivity index (χ0n) is 15.3. The quantitative estimate of drug-likeness (QED) is 0.826. The summed E-state index contributed by atoms with van der Waals surface area (Å²) in [7, 11) is 0. The number of piperazine rings is 1. The summed E-state index contributed by atoms with van der Waals surface area (Å²) in [6, 6.07) is 2.09. The molecule has 1 aliphatic carbocycles. The molecule has 1 saturated carbocycles. The molecule has 2 fully saturated rings. The topological polar surface area (TPSA) is 71.2 Å². The Morgan fingerprint density at radius 2 is 1.88 bits per heavy atom. The second-order valence-corrected chi connectivity index (χ2v) is 7.47. The third-order valence-corrected chi connectivity index (χ3v) is 4.85. The Kier molecular flexibility index (Phi) is 4.41. The van der Waals surface area contributed by atoms with Crippen LogP contribution in [0, 0.1) is 6.92 Å². The molecule has 7 nitrogen and oxygen atoms in total. The van der Waals surface area contributed by atoms with Gasteiger partial charge in [-0.05, 0) is 19.8 Å². The Morgan fingerprint density at radius 1 is 1.12 bits per heavy atom. The van der Waals surface area contributed by atoms with Gasteiger partial charge < -0.3 is 9.42 Å². The van der Waals surface area contributed by atoms with Crippen LogP contribution in [0.25, 0.3) is 0 Å². The molecule has 0 N–H and O–H groups in total. The summed E-state index contributed by atoms with van der Waals surface area (Å²) >= 11 is 0. The van der Waals surface area contributed by atoms with E-state index in [9.17, 15) is 0 Å². The van der Waals surface area contributed by atoms with E-state index in [1.165, 1.54) is 12.8 Å². The molecule has 2 aromatic heterocycles. The fourth-order valence-electron chi connectivity index (χ4n) is 3.16. The number of anilines is 1. The Bertz CT molecular complexity index is 731. The Balaban J connectivity index is 1.36. The highest BCUT2D eigenvalue weighted by molar-refractivity contribution is 5.40. The van der Waals surface area contributed by atoms with Crippen molar-refractivity contribution in [3.63, 3.8) is 0 Å². The van der Waals surface area contributed by atoms with Gasteiger partial charge in [-0.15, -0.1) is 0 Å². The summed E-state index contributed by atoms with van der Waals surface area (Å²) < 4.78 is 5.35. The molecule has 2 aliphatic rings. The molecule has 134 valence electrons. The van der Waals surface area contributed by atoms with E-state index in [1.807, 2.05) is 6.92 Å². The number of hydrogen-bond donors (Lipinski definition) is 0. The molecule has 1 aliphatic heterocycles. The fourth-order valence-corrected chi connectivity index (χ4v) is 3.16. The number of rotatable bonds is 5. The van der Waals surface area contributed by atoms with Gasteiger partial charge in [-0.1, -0.05) is 19.0 Å². The second kappa shape index (κ2) is 6.71. The third-order valence-electron chi connectivity index (χ3n) is 4.85. The number of hydrogen-bond acceptors (Lipinski definition) is 7. The molecule has 2 aromatic rings. The van der Waals surface area contributed by atoms with E-state index in [0.717, 1.165) is 61.8 Å². The standard InChI is InChI=1S/C18H26N6O/c1-12(2)17-19-13(3)10-16(21-17)24-8-6-23(7-9-24)11-15-20-18(25-22-15)14-4-5-14/h10,12,14H,4-9,11H2,1-3H3. The molecule has 0 radical (unpaired) electrons. The van der Waals surface area contributed by atoms with Gasteiger partial charge in [-0.3, -0.25) is 4.90 Å². The van der Waals surface area contributed by atoms with Crippen LogP contribution >= 0.6 is 0 Å². The van der Waals surface area contributed by atoms with E-state index >= 15 is 0 Å². The molecule has 7 heteroatoms. The average Bonchev–Trinajstić information content (AvgIpc) is 3.35. The van der Waals surface area contributed by atoms with Gasteiger partial charge in [0.15, 0.2) is 5.82 Å². The van der Waals surface area contributed by atoms with Gasteiger partial charge in [0.05, 0.1) is 6.54 Å². The monoisotopic (exact) mass is 342 g/mol. The molecule has 0 aromatic carbocycles. The summed E-state index contributed by atoms with van der Waals surface area (Å²) in [6.45, 7) is 11.0. The molecule has 1 saturated heterocycles. The molecular weight excluding hydrogens is 316 g/mol. The molecule has 0 spiro atoms. The maximum atomic E-state index is 5.35. The van der Waals surface area contributed by atoms with Crippen molar-refractivity contribution >= 4 is 5.82 Å². The van der Waals surface area contributed by atoms with E-state index in [1.54, 1.807) is 0 Å². The Labute approximate surface area is 148 Å². The zero-order valence-corrected chi connectivity index (χ0v) is 15.3. The molecule has 0 unspecified atom stereocenters. The predicted octanol–water partition coefficient (Wildman–Crippen LogP) is 2.49. The van der Waals surface area contributed by atoms with Crippen LogP contribution in [-0.2, 0) is 6.54 Å². The minimum Gasteiger partial charge on any atom is -0.354 e. The largest absolute Gasteiger partial charge is 0.354 e. The minimum absolute atomic E-state index is 0.346. The molecule has 0 bridgehead atoms. The maximum absolute atomic E-state index is 5.35. The summed E-state index contributed by atoms with van der Waals surface area (Å²) in [5.74, 6) is 4.48. The second-order valence-electron chi connectivity index (χ2n) is 7.47. The first-order valence-corrected chi connectivity index (χ1v) is 9.24. The first kappa shape index (κ1) is 16.4. The lowest BCUT2D eigenvalue weighted by Crippen LogP contribution is -2.46. The molecule has 0 atom stereocenters. The van der Waals surface area contributed by atoms with Gasteiger partial charge in [-0.25, -0.2) is 9.97 Å². The lowest BCUT2D eigenvalue weighted by atomic mass is 10.2. The minimum atomic E-state index is 0.346. The van der Waals surface area contributed by atoms with Gasteiger partial charge in [-0.2, -0.15) is 4.98 Å². The molecule has 4 rings (SSSR count). The van der Waals surface area contributed by atoms with Gasteiger partial charge >= 0.3 is 0 Å². The maximum Gasteiger partial charge on any atom is 0.229 e.